The molecule has 17 heavy (non-hydrogen) atoms. The molecule has 1 atom stereocenters. The van der Waals surface area contributed by atoms with Gasteiger partial charge in [-0.25, -0.2) is 13.1 Å². The minimum atomic E-state index is -3.25. The van der Waals surface area contributed by atoms with E-state index in [0.29, 0.717) is 24.4 Å². The lowest BCUT2D eigenvalue weighted by Crippen LogP contribution is -2.29. The summed E-state index contributed by atoms with van der Waals surface area (Å²) in [5.74, 6) is 0.599. The molecule has 1 aromatic rings. The van der Waals surface area contributed by atoms with E-state index in [2.05, 4.69) is 9.71 Å². The summed E-state index contributed by atoms with van der Waals surface area (Å²) in [7, 11) is -3.25. The van der Waals surface area contributed by atoms with Gasteiger partial charge in [0.15, 0.2) is 0 Å². The summed E-state index contributed by atoms with van der Waals surface area (Å²) < 4.78 is 26.0. The van der Waals surface area contributed by atoms with Gasteiger partial charge in [0.1, 0.15) is 0 Å². The summed E-state index contributed by atoms with van der Waals surface area (Å²) in [5.41, 5.74) is 0.716. The molecular formula is C11H17ClN2O2S. The Kier molecular flexibility index (Phi) is 5.88. The number of nitrogens with one attached hydrogen (secondary N) is 1. The van der Waals surface area contributed by atoms with Crippen molar-refractivity contribution < 1.29 is 8.42 Å². The molecular weight excluding hydrogens is 260 g/mol. The van der Waals surface area contributed by atoms with E-state index < -0.39 is 10.0 Å². The minimum absolute atomic E-state index is 0.108. The molecule has 1 heterocycles. The van der Waals surface area contributed by atoms with Gasteiger partial charge in [0.05, 0.1) is 17.5 Å². The molecule has 1 aromatic heterocycles. The highest BCUT2D eigenvalue weighted by atomic mass is 35.5. The van der Waals surface area contributed by atoms with Crippen molar-refractivity contribution in [3.63, 3.8) is 0 Å². The van der Waals surface area contributed by atoms with E-state index in [9.17, 15) is 8.42 Å². The molecule has 96 valence electrons. The van der Waals surface area contributed by atoms with Crippen LogP contribution in [0.15, 0.2) is 24.4 Å². The molecule has 0 amide bonds. The van der Waals surface area contributed by atoms with Crippen molar-refractivity contribution in [3.8, 4) is 0 Å². The van der Waals surface area contributed by atoms with E-state index in [1.54, 1.807) is 25.3 Å². The average molecular weight is 277 g/mol. The maximum Gasteiger partial charge on any atom is 0.212 e. The molecule has 0 bridgehead atoms. The van der Waals surface area contributed by atoms with Gasteiger partial charge in [-0.1, -0.05) is 6.07 Å². The Balaban J connectivity index is 2.53. The van der Waals surface area contributed by atoms with E-state index in [4.69, 9.17) is 11.6 Å². The number of pyridine rings is 1. The van der Waals surface area contributed by atoms with Crippen molar-refractivity contribution >= 4 is 21.6 Å². The van der Waals surface area contributed by atoms with Crippen LogP contribution in [0.5, 0.6) is 0 Å². The third-order valence-corrected chi connectivity index (χ3v) is 4.09. The highest BCUT2D eigenvalue weighted by molar-refractivity contribution is 7.89. The van der Waals surface area contributed by atoms with Crippen LogP contribution in [0.25, 0.3) is 0 Å². The molecule has 0 aliphatic carbocycles. The maximum atomic E-state index is 11.7. The standard InChI is InChI=1S/C11H17ClN2O2S/c1-10(11-6-2-4-8-13-11)14-17(15,16)9-5-3-7-12/h2,4,6,8,10,14H,3,5,7,9H2,1H3/t10-/m1/s1. The van der Waals surface area contributed by atoms with E-state index in [1.165, 1.54) is 0 Å². The summed E-state index contributed by atoms with van der Waals surface area (Å²) in [6.07, 6.45) is 2.93. The van der Waals surface area contributed by atoms with Crippen LogP contribution in [-0.4, -0.2) is 25.0 Å². The summed E-state index contributed by atoms with van der Waals surface area (Å²) >= 11 is 5.51. The Morgan fingerprint density at radius 3 is 2.76 bits per heavy atom. The first-order valence-electron chi connectivity index (χ1n) is 5.52. The second-order valence-corrected chi connectivity index (χ2v) is 6.06. The van der Waals surface area contributed by atoms with Gasteiger partial charge in [0, 0.05) is 12.1 Å². The Hall–Kier alpha value is -0.650. The van der Waals surface area contributed by atoms with Crippen LogP contribution in [0, 0.1) is 0 Å². The summed E-state index contributed by atoms with van der Waals surface area (Å²) in [4.78, 5) is 4.11. The van der Waals surface area contributed by atoms with E-state index in [1.807, 2.05) is 6.07 Å². The Labute approximate surface area is 107 Å². The summed E-state index contributed by atoms with van der Waals surface area (Å²) in [6.45, 7) is 1.78. The minimum Gasteiger partial charge on any atom is -0.260 e. The molecule has 0 radical (unpaired) electrons. The predicted molar refractivity (Wildman–Crippen MR) is 69.5 cm³/mol. The largest absolute Gasteiger partial charge is 0.260 e. The molecule has 0 saturated heterocycles. The number of aromatic nitrogens is 1. The molecule has 0 aromatic carbocycles. The molecule has 0 saturated carbocycles. The van der Waals surface area contributed by atoms with Crippen LogP contribution in [0.2, 0.25) is 0 Å². The lowest BCUT2D eigenvalue weighted by atomic mass is 10.2. The number of sulfonamides is 1. The van der Waals surface area contributed by atoms with Gasteiger partial charge in [-0.05, 0) is 31.9 Å². The van der Waals surface area contributed by atoms with Crippen molar-refractivity contribution in [3.05, 3.63) is 30.1 Å². The predicted octanol–water partition coefficient (Wildman–Crippen LogP) is 2.08. The number of alkyl halides is 1. The van der Waals surface area contributed by atoms with Crippen LogP contribution in [0.4, 0.5) is 0 Å². The van der Waals surface area contributed by atoms with Crippen LogP contribution in [0.1, 0.15) is 31.5 Å². The Morgan fingerprint density at radius 1 is 1.41 bits per heavy atom. The van der Waals surface area contributed by atoms with E-state index in [0.717, 1.165) is 0 Å². The molecule has 1 rings (SSSR count). The van der Waals surface area contributed by atoms with Crippen molar-refractivity contribution in [1.82, 2.24) is 9.71 Å². The first kappa shape index (κ1) is 14.4. The fraction of sp³-hybridized carbons (Fsp3) is 0.545. The zero-order valence-electron chi connectivity index (χ0n) is 9.77. The van der Waals surface area contributed by atoms with E-state index in [-0.39, 0.29) is 11.8 Å². The van der Waals surface area contributed by atoms with Crippen LogP contribution in [-0.2, 0) is 10.0 Å². The Morgan fingerprint density at radius 2 is 2.18 bits per heavy atom. The van der Waals surface area contributed by atoms with Crippen molar-refractivity contribution in [2.45, 2.75) is 25.8 Å². The quantitative estimate of drug-likeness (QED) is 0.613. The number of halogens is 1. The third-order valence-electron chi connectivity index (χ3n) is 2.28. The lowest BCUT2D eigenvalue weighted by Gasteiger charge is -2.13. The van der Waals surface area contributed by atoms with Crippen LogP contribution < -0.4 is 4.72 Å². The van der Waals surface area contributed by atoms with E-state index >= 15 is 0 Å². The van der Waals surface area contributed by atoms with Crippen molar-refractivity contribution in [2.75, 3.05) is 11.6 Å². The highest BCUT2D eigenvalue weighted by Gasteiger charge is 2.15. The van der Waals surface area contributed by atoms with Gasteiger partial charge in [0.25, 0.3) is 0 Å². The number of hydrogen-bond donors (Lipinski definition) is 1. The van der Waals surface area contributed by atoms with Crippen LogP contribution >= 0.6 is 11.6 Å². The fourth-order valence-corrected chi connectivity index (χ4v) is 2.96. The topological polar surface area (TPSA) is 59.1 Å². The summed E-state index contributed by atoms with van der Waals surface area (Å²) in [5, 5.41) is 0. The second kappa shape index (κ2) is 6.93. The van der Waals surface area contributed by atoms with Gasteiger partial charge in [-0.3, -0.25) is 4.98 Å². The maximum absolute atomic E-state index is 11.7. The molecule has 0 unspecified atom stereocenters. The van der Waals surface area contributed by atoms with Gasteiger partial charge in [0.2, 0.25) is 10.0 Å². The average Bonchev–Trinajstić information content (AvgIpc) is 2.30. The number of unbranched alkanes of at least 4 members (excludes halogenated alkanes) is 1. The van der Waals surface area contributed by atoms with Gasteiger partial charge in [-0.2, -0.15) is 0 Å². The smallest absolute Gasteiger partial charge is 0.212 e. The molecule has 0 aliphatic heterocycles. The van der Waals surface area contributed by atoms with Gasteiger partial charge >= 0.3 is 0 Å². The zero-order valence-corrected chi connectivity index (χ0v) is 11.3. The molecule has 1 N–H and O–H groups in total. The van der Waals surface area contributed by atoms with Crippen LogP contribution in [0.3, 0.4) is 0 Å². The van der Waals surface area contributed by atoms with Crippen molar-refractivity contribution in [2.24, 2.45) is 0 Å². The first-order chi connectivity index (χ1) is 8.05. The second-order valence-electron chi connectivity index (χ2n) is 3.81. The first-order valence-corrected chi connectivity index (χ1v) is 7.71. The lowest BCUT2D eigenvalue weighted by molar-refractivity contribution is 0.561. The monoisotopic (exact) mass is 276 g/mol. The van der Waals surface area contributed by atoms with Gasteiger partial charge < -0.3 is 0 Å². The highest BCUT2D eigenvalue weighted by Crippen LogP contribution is 2.10. The normalized spacial score (nSPS) is 13.5. The molecule has 4 nitrogen and oxygen atoms in total. The molecule has 0 spiro atoms. The molecule has 0 aliphatic rings. The molecule has 6 heteroatoms. The van der Waals surface area contributed by atoms with Crippen molar-refractivity contribution in [1.29, 1.82) is 0 Å². The number of rotatable bonds is 7. The summed E-state index contributed by atoms with van der Waals surface area (Å²) in [6, 6.07) is 5.12. The molecule has 0 fully saturated rings. The number of nitrogens with zero attached hydrogens (tertiary/aromatic N) is 1. The fourth-order valence-electron chi connectivity index (χ4n) is 1.41. The Bertz CT molecular complexity index is 422. The number of hydrogen-bond acceptors (Lipinski definition) is 3. The third kappa shape index (κ3) is 5.48. The van der Waals surface area contributed by atoms with Gasteiger partial charge in [-0.15, -0.1) is 11.6 Å². The SMILES string of the molecule is C[C@@H](NS(=O)(=O)CCCCCl)c1ccccn1. The zero-order chi connectivity index (χ0) is 12.7.